The van der Waals surface area contributed by atoms with Crippen molar-refractivity contribution in [2.24, 2.45) is 8.73 Å². The smallest absolute Gasteiger partial charge is 0.172 e. The number of alkyl halides is 6. The molecule has 3 aromatic carbocycles. The summed E-state index contributed by atoms with van der Waals surface area (Å²) in [4.78, 5) is 2.35. The van der Waals surface area contributed by atoms with Crippen molar-refractivity contribution < 1.29 is 26.3 Å². The van der Waals surface area contributed by atoms with Gasteiger partial charge in [-0.25, -0.2) is 0 Å². The molecular formula is C30H16F6N4S6. The summed E-state index contributed by atoms with van der Waals surface area (Å²) in [5, 5.41) is 0. The van der Waals surface area contributed by atoms with Crippen LogP contribution in [-0.2, 0) is 11.4 Å². The summed E-state index contributed by atoms with van der Waals surface area (Å²) in [6.45, 7) is 4.16. The fourth-order valence-corrected chi connectivity index (χ4v) is 9.57. The second-order valence-electron chi connectivity index (χ2n) is 10.1. The summed E-state index contributed by atoms with van der Waals surface area (Å²) in [7, 11) is 0. The number of fused-ring (bicyclic) bond motifs is 2. The second kappa shape index (κ2) is 11.9. The fourth-order valence-electron chi connectivity index (χ4n) is 4.95. The Hall–Kier alpha value is -3.02. The first kappa shape index (κ1) is 31.6. The third-order valence-corrected chi connectivity index (χ3v) is 12.2. The summed E-state index contributed by atoms with van der Waals surface area (Å²) >= 11 is 3.90. The minimum Gasteiger partial charge on any atom is -0.172 e. The van der Waals surface area contributed by atoms with Crippen molar-refractivity contribution in [3.05, 3.63) is 71.8 Å². The number of hydrogen-bond acceptors (Lipinski definition) is 9. The van der Waals surface area contributed by atoms with E-state index in [0.29, 0.717) is 38.4 Å². The van der Waals surface area contributed by atoms with Crippen molar-refractivity contribution in [2.75, 3.05) is 0 Å². The molecule has 4 heterocycles. The summed E-state index contributed by atoms with van der Waals surface area (Å²) in [6.07, 6.45) is 0. The van der Waals surface area contributed by atoms with Gasteiger partial charge in [0.05, 0.1) is 23.1 Å². The number of benzene rings is 3. The molecule has 1 aliphatic rings. The topological polar surface area (TPSA) is 50.5 Å². The molecule has 0 aliphatic carbocycles. The van der Waals surface area contributed by atoms with E-state index in [0.717, 1.165) is 61.0 Å². The van der Waals surface area contributed by atoms with Crippen LogP contribution in [0.2, 0.25) is 0 Å². The van der Waals surface area contributed by atoms with Crippen molar-refractivity contribution >= 4 is 91.7 Å². The lowest BCUT2D eigenvalue weighted by Crippen LogP contribution is -2.03. The standard InChI is InChI=1S/C30H16F6N4S6/c1-13-3-4-15(11-14(13)2)17-7-9-20(41-17)23-25-27(39-45-37-25)24(28-26(23)38-46-40-28)21-10-8-18(42-21)16-5-6-19(43-29(31,32)33)22(12-16)44-30(34,35)36/h3-12H,1-2H3. The molecule has 0 saturated heterocycles. The van der Waals surface area contributed by atoms with Crippen molar-refractivity contribution in [1.29, 1.82) is 0 Å². The number of aromatic nitrogens is 2. The average Bonchev–Trinajstić information content (AvgIpc) is 3.79. The molecule has 234 valence electrons. The van der Waals surface area contributed by atoms with E-state index in [1.165, 1.54) is 28.5 Å². The van der Waals surface area contributed by atoms with Crippen molar-refractivity contribution in [1.82, 2.24) is 8.75 Å². The number of aryl methyl sites for hydroxylation is 2. The van der Waals surface area contributed by atoms with Crippen molar-refractivity contribution in [3.63, 3.8) is 0 Å². The van der Waals surface area contributed by atoms with Gasteiger partial charge in [-0.2, -0.15) is 43.8 Å². The van der Waals surface area contributed by atoms with Gasteiger partial charge in [-0.1, -0.05) is 24.3 Å². The van der Waals surface area contributed by atoms with Crippen LogP contribution in [0.25, 0.3) is 52.8 Å². The molecule has 0 atom stereocenters. The van der Waals surface area contributed by atoms with Gasteiger partial charge in [0.25, 0.3) is 0 Å². The van der Waals surface area contributed by atoms with E-state index in [4.69, 9.17) is 0 Å². The number of rotatable bonds is 6. The van der Waals surface area contributed by atoms with E-state index in [1.807, 2.05) is 12.1 Å². The van der Waals surface area contributed by atoms with Crippen LogP contribution < -0.4 is 0 Å². The molecule has 6 aromatic rings. The Morgan fingerprint density at radius 1 is 0.565 bits per heavy atom. The molecular weight excluding hydrogens is 723 g/mol. The van der Waals surface area contributed by atoms with E-state index in [9.17, 15) is 26.3 Å². The van der Waals surface area contributed by atoms with Crippen molar-refractivity contribution in [3.8, 4) is 41.8 Å². The van der Waals surface area contributed by atoms with Gasteiger partial charge in [-0.05, 0) is 96.0 Å². The summed E-state index contributed by atoms with van der Waals surface area (Å²) < 4.78 is 97.6. The van der Waals surface area contributed by atoms with Crippen LogP contribution in [0.4, 0.5) is 37.7 Å². The second-order valence-corrected chi connectivity index (χ2v) is 15.5. The molecule has 0 saturated carbocycles. The van der Waals surface area contributed by atoms with E-state index in [1.54, 1.807) is 17.4 Å². The van der Waals surface area contributed by atoms with E-state index >= 15 is 0 Å². The molecule has 1 aliphatic heterocycles. The predicted molar refractivity (Wildman–Crippen MR) is 180 cm³/mol. The maximum absolute atomic E-state index is 13.3. The summed E-state index contributed by atoms with van der Waals surface area (Å²) in [5.74, 6) is 0. The minimum absolute atomic E-state index is 0.365. The molecule has 0 bridgehead atoms. The Morgan fingerprint density at radius 3 is 1.61 bits per heavy atom. The highest BCUT2D eigenvalue weighted by Crippen LogP contribution is 2.55. The molecule has 0 amide bonds. The number of hydrogen-bond donors (Lipinski definition) is 0. The van der Waals surface area contributed by atoms with Gasteiger partial charge in [-0.15, -0.1) is 22.7 Å². The number of thiophene rings is 2. The SMILES string of the molecule is Cc1ccc(-c2ccc(-c3c4c(c(-c5ccc(-c6ccc(SC(F)(F)F)c(SC(F)(F)F)c6)s5)c5nsnc35)N=S=N4)s2)cc1C. The fraction of sp³-hybridized carbons (Fsp3) is 0.133. The number of halogens is 6. The van der Waals surface area contributed by atoms with Crippen LogP contribution in [0, 0.1) is 13.8 Å². The highest BCUT2D eigenvalue weighted by Gasteiger charge is 2.35. The molecule has 7 rings (SSSR count). The first-order valence-electron chi connectivity index (χ1n) is 13.2. The average molecular weight is 739 g/mol. The molecule has 0 radical (unpaired) electrons. The summed E-state index contributed by atoms with van der Waals surface area (Å²) in [6, 6.07) is 17.6. The molecule has 46 heavy (non-hydrogen) atoms. The highest BCUT2D eigenvalue weighted by molar-refractivity contribution is 8.03. The maximum atomic E-state index is 13.3. The normalized spacial score (nSPS) is 13.0. The molecule has 0 unspecified atom stereocenters. The Labute approximate surface area is 282 Å². The maximum Gasteiger partial charge on any atom is 0.446 e. The lowest BCUT2D eigenvalue weighted by Gasteiger charge is -2.13. The van der Waals surface area contributed by atoms with Crippen LogP contribution >= 0.6 is 57.9 Å². The Bertz CT molecular complexity index is 2220. The van der Waals surface area contributed by atoms with Gasteiger partial charge in [0.2, 0.25) is 0 Å². The molecule has 0 N–H and O–H groups in total. The van der Waals surface area contributed by atoms with E-state index in [2.05, 4.69) is 55.6 Å². The van der Waals surface area contributed by atoms with E-state index < -0.39 is 44.3 Å². The quantitative estimate of drug-likeness (QED) is 0.126. The molecule has 16 heteroatoms. The molecule has 0 fully saturated rings. The number of thioether (sulfide) groups is 2. The molecule has 4 nitrogen and oxygen atoms in total. The molecule has 3 aromatic heterocycles. The largest absolute Gasteiger partial charge is 0.446 e. The van der Waals surface area contributed by atoms with Crippen LogP contribution in [0.3, 0.4) is 0 Å². The van der Waals surface area contributed by atoms with Gasteiger partial charge in [0.1, 0.15) is 22.4 Å². The van der Waals surface area contributed by atoms with Crippen LogP contribution in [0.1, 0.15) is 11.1 Å². The summed E-state index contributed by atoms with van der Waals surface area (Å²) in [5.41, 5.74) is -1.46. The molecule has 0 spiro atoms. The van der Waals surface area contributed by atoms with E-state index in [-0.39, 0.29) is 0 Å². The first-order chi connectivity index (χ1) is 21.8. The van der Waals surface area contributed by atoms with Gasteiger partial charge in [-0.3, -0.25) is 0 Å². The zero-order valence-electron chi connectivity index (χ0n) is 23.3. The van der Waals surface area contributed by atoms with Gasteiger partial charge in [0, 0.05) is 40.4 Å². The van der Waals surface area contributed by atoms with Crippen LogP contribution in [0.5, 0.6) is 0 Å². The monoisotopic (exact) mass is 738 g/mol. The zero-order chi connectivity index (χ0) is 32.4. The Kier molecular flexibility index (Phi) is 8.17. The third kappa shape index (κ3) is 6.18. The van der Waals surface area contributed by atoms with Gasteiger partial charge < -0.3 is 0 Å². The highest BCUT2D eigenvalue weighted by atomic mass is 32.2. The number of nitrogens with zero attached hydrogens (tertiary/aromatic N) is 4. The first-order valence-corrected chi connectivity index (χ1v) is 17.9. The van der Waals surface area contributed by atoms with Crippen LogP contribution in [0.15, 0.2) is 79.2 Å². The Balaban J connectivity index is 1.30. The zero-order valence-corrected chi connectivity index (χ0v) is 28.2. The Morgan fingerprint density at radius 2 is 1.07 bits per heavy atom. The van der Waals surface area contributed by atoms with Crippen molar-refractivity contribution in [2.45, 2.75) is 34.7 Å². The lowest BCUT2D eigenvalue weighted by molar-refractivity contribution is -0.0346. The van der Waals surface area contributed by atoms with Gasteiger partial charge >= 0.3 is 11.0 Å². The lowest BCUT2D eigenvalue weighted by atomic mass is 10.0. The predicted octanol–water partition coefficient (Wildman–Crippen LogP) is 13.0. The van der Waals surface area contributed by atoms with Gasteiger partial charge in [0.15, 0.2) is 0 Å². The third-order valence-electron chi connectivity index (χ3n) is 7.10. The minimum atomic E-state index is -4.75. The van der Waals surface area contributed by atoms with Crippen LogP contribution in [-0.4, -0.2) is 19.8 Å².